The van der Waals surface area contributed by atoms with Crippen molar-refractivity contribution in [3.8, 4) is 0 Å². The fourth-order valence-electron chi connectivity index (χ4n) is 1.46. The molecule has 1 heterocycles. The fourth-order valence-corrected chi connectivity index (χ4v) is 2.20. The van der Waals surface area contributed by atoms with Crippen LogP contribution < -0.4 is 10.9 Å². The zero-order valence-corrected chi connectivity index (χ0v) is 12.2. The van der Waals surface area contributed by atoms with E-state index >= 15 is 0 Å². The van der Waals surface area contributed by atoms with E-state index in [0.717, 1.165) is 11.8 Å². The molecule has 0 saturated carbocycles. The number of halogens is 1. The highest BCUT2D eigenvalue weighted by atomic mass is 32.2. The smallest absolute Gasteiger partial charge is 0.262 e. The molecule has 0 bridgehead atoms. The Morgan fingerprint density at radius 2 is 2.00 bits per heavy atom. The van der Waals surface area contributed by atoms with E-state index in [1.54, 1.807) is 30.3 Å². The molecule has 0 unspecified atom stereocenters. The van der Waals surface area contributed by atoms with Crippen molar-refractivity contribution in [3.63, 3.8) is 0 Å². The zero-order valence-electron chi connectivity index (χ0n) is 11.4. The molecule has 0 aliphatic rings. The Morgan fingerprint density at radius 1 is 1.18 bits per heavy atom. The molecule has 2 rings (SSSR count). The maximum absolute atomic E-state index is 13.3. The van der Waals surface area contributed by atoms with Gasteiger partial charge in [0.1, 0.15) is 11.6 Å². The Kier molecular flexibility index (Phi) is 5.79. The summed E-state index contributed by atoms with van der Waals surface area (Å²) in [4.78, 5) is 23.4. The highest BCUT2D eigenvalue weighted by Gasteiger charge is 2.06. The molecule has 2 N–H and O–H groups in total. The van der Waals surface area contributed by atoms with Crippen LogP contribution in [0, 0.1) is 5.82 Å². The number of furan rings is 1. The minimum absolute atomic E-state index is 0.0108. The minimum Gasteiger partial charge on any atom is -0.465 e. The van der Waals surface area contributed by atoms with Crippen molar-refractivity contribution in [1.29, 1.82) is 0 Å². The van der Waals surface area contributed by atoms with Gasteiger partial charge in [0, 0.05) is 11.0 Å². The minimum atomic E-state index is -0.499. The van der Waals surface area contributed by atoms with Crippen LogP contribution in [0.4, 0.5) is 4.39 Å². The van der Waals surface area contributed by atoms with Crippen LogP contribution in [0.25, 0.3) is 6.08 Å². The predicted octanol–water partition coefficient (Wildman–Crippen LogP) is 2.37. The second kappa shape index (κ2) is 8.04. The maximum Gasteiger partial charge on any atom is 0.262 e. The number of hydrogen-bond acceptors (Lipinski definition) is 4. The lowest BCUT2D eigenvalue weighted by Crippen LogP contribution is -2.41. The lowest BCUT2D eigenvalue weighted by molar-refractivity contribution is -0.125. The van der Waals surface area contributed by atoms with Gasteiger partial charge in [-0.1, -0.05) is 12.1 Å². The lowest BCUT2D eigenvalue weighted by Gasteiger charge is -2.05. The highest BCUT2D eigenvalue weighted by Crippen LogP contribution is 2.20. The monoisotopic (exact) mass is 320 g/mol. The summed E-state index contributed by atoms with van der Waals surface area (Å²) >= 11 is 1.05. The van der Waals surface area contributed by atoms with E-state index in [9.17, 15) is 14.0 Å². The molecule has 0 fully saturated rings. The Hall–Kier alpha value is -2.54. The summed E-state index contributed by atoms with van der Waals surface area (Å²) in [6, 6.07) is 9.54. The number of rotatable bonds is 5. The number of carbonyl (C=O) groups excluding carboxylic acids is 2. The third kappa shape index (κ3) is 5.10. The van der Waals surface area contributed by atoms with E-state index in [1.807, 2.05) is 0 Å². The standard InChI is InChI=1S/C15H13FN2O3S/c16-12-5-1-2-6-13(12)22-10-15(20)18-17-14(19)8-7-11-4-3-9-21-11/h1-9H,10H2,(H,17,19)(H,18,20)/b8-7+. The largest absolute Gasteiger partial charge is 0.465 e. The van der Waals surface area contributed by atoms with Crippen molar-refractivity contribution in [2.75, 3.05) is 5.75 Å². The van der Waals surface area contributed by atoms with Crippen LogP contribution in [-0.2, 0) is 9.59 Å². The molecule has 0 saturated heterocycles. The summed E-state index contributed by atoms with van der Waals surface area (Å²) in [7, 11) is 0. The van der Waals surface area contributed by atoms with Gasteiger partial charge in [0.25, 0.3) is 5.91 Å². The molecule has 5 nitrogen and oxygen atoms in total. The molecule has 0 radical (unpaired) electrons. The van der Waals surface area contributed by atoms with Crippen LogP contribution in [0.5, 0.6) is 0 Å². The van der Waals surface area contributed by atoms with Crippen molar-refractivity contribution in [2.24, 2.45) is 0 Å². The van der Waals surface area contributed by atoms with Gasteiger partial charge in [-0.25, -0.2) is 4.39 Å². The van der Waals surface area contributed by atoms with Gasteiger partial charge in [0.05, 0.1) is 12.0 Å². The maximum atomic E-state index is 13.3. The first-order valence-corrected chi connectivity index (χ1v) is 7.31. The molecule has 2 amide bonds. The van der Waals surface area contributed by atoms with Gasteiger partial charge in [-0.3, -0.25) is 20.4 Å². The molecule has 1 aromatic carbocycles. The molecule has 22 heavy (non-hydrogen) atoms. The SMILES string of the molecule is O=C(/C=C/c1ccco1)NNC(=O)CSc1ccccc1F. The summed E-state index contributed by atoms with van der Waals surface area (Å²) in [5, 5.41) is 0. The molecule has 114 valence electrons. The Morgan fingerprint density at radius 3 is 2.73 bits per heavy atom. The average molecular weight is 320 g/mol. The Balaban J connectivity index is 1.71. The Labute approximate surface area is 130 Å². The summed E-state index contributed by atoms with van der Waals surface area (Å²) in [6.07, 6.45) is 4.18. The number of nitrogens with one attached hydrogen (secondary N) is 2. The van der Waals surface area contributed by atoms with E-state index < -0.39 is 11.8 Å². The fraction of sp³-hybridized carbons (Fsp3) is 0.0667. The number of hydrogen-bond donors (Lipinski definition) is 2. The second-order valence-corrected chi connectivity index (χ2v) is 5.12. The van der Waals surface area contributed by atoms with Gasteiger partial charge in [-0.05, 0) is 30.3 Å². The van der Waals surface area contributed by atoms with Gasteiger partial charge in [0.2, 0.25) is 5.91 Å². The molecule has 0 atom stereocenters. The average Bonchev–Trinajstić information content (AvgIpc) is 3.03. The molecule has 0 aliphatic heterocycles. The molecular weight excluding hydrogens is 307 g/mol. The molecular formula is C15H13FN2O3S. The molecule has 2 aromatic rings. The topological polar surface area (TPSA) is 71.3 Å². The van der Waals surface area contributed by atoms with Crippen molar-refractivity contribution in [3.05, 3.63) is 60.3 Å². The number of benzene rings is 1. The van der Waals surface area contributed by atoms with Crippen LogP contribution in [0.1, 0.15) is 5.76 Å². The quantitative estimate of drug-likeness (QED) is 0.504. The van der Waals surface area contributed by atoms with Gasteiger partial charge in [-0.15, -0.1) is 11.8 Å². The number of hydrazine groups is 1. The summed E-state index contributed by atoms with van der Waals surface area (Å²) in [5.74, 6) is -0.806. The predicted molar refractivity (Wildman–Crippen MR) is 81.2 cm³/mol. The van der Waals surface area contributed by atoms with E-state index in [1.165, 1.54) is 24.5 Å². The van der Waals surface area contributed by atoms with E-state index in [0.29, 0.717) is 10.7 Å². The van der Waals surface area contributed by atoms with Gasteiger partial charge >= 0.3 is 0 Å². The van der Waals surface area contributed by atoms with Crippen LogP contribution in [0.15, 0.2) is 58.1 Å². The first-order chi connectivity index (χ1) is 10.6. The number of carbonyl (C=O) groups is 2. The summed E-state index contributed by atoms with van der Waals surface area (Å²) in [6.45, 7) is 0. The zero-order chi connectivity index (χ0) is 15.8. The molecule has 1 aromatic heterocycles. The van der Waals surface area contributed by atoms with Crippen molar-refractivity contribution < 1.29 is 18.4 Å². The Bertz CT molecular complexity index is 671. The van der Waals surface area contributed by atoms with Gasteiger partial charge < -0.3 is 4.42 Å². The molecule has 0 aliphatic carbocycles. The summed E-state index contributed by atoms with van der Waals surface area (Å²) < 4.78 is 18.4. The van der Waals surface area contributed by atoms with Crippen LogP contribution in [-0.4, -0.2) is 17.6 Å². The number of thioether (sulfide) groups is 1. The third-order valence-electron chi connectivity index (χ3n) is 2.46. The normalized spacial score (nSPS) is 10.6. The summed E-state index contributed by atoms with van der Waals surface area (Å²) in [5.41, 5.74) is 4.46. The second-order valence-electron chi connectivity index (χ2n) is 4.11. The lowest BCUT2D eigenvalue weighted by atomic mass is 10.3. The first kappa shape index (κ1) is 15.8. The van der Waals surface area contributed by atoms with Crippen LogP contribution >= 0.6 is 11.8 Å². The van der Waals surface area contributed by atoms with E-state index in [4.69, 9.17) is 4.42 Å². The first-order valence-electron chi connectivity index (χ1n) is 6.33. The number of amides is 2. The van der Waals surface area contributed by atoms with Gasteiger partial charge in [-0.2, -0.15) is 0 Å². The van der Waals surface area contributed by atoms with Gasteiger partial charge in [0.15, 0.2) is 0 Å². The molecule has 0 spiro atoms. The van der Waals surface area contributed by atoms with E-state index in [2.05, 4.69) is 10.9 Å². The van der Waals surface area contributed by atoms with Crippen LogP contribution in [0.3, 0.4) is 0 Å². The molecule has 7 heteroatoms. The van der Waals surface area contributed by atoms with Crippen molar-refractivity contribution >= 4 is 29.7 Å². The van der Waals surface area contributed by atoms with Crippen molar-refractivity contribution in [2.45, 2.75) is 4.90 Å². The van der Waals surface area contributed by atoms with E-state index in [-0.39, 0.29) is 11.6 Å². The van der Waals surface area contributed by atoms with Crippen molar-refractivity contribution in [1.82, 2.24) is 10.9 Å². The van der Waals surface area contributed by atoms with Crippen LogP contribution in [0.2, 0.25) is 0 Å². The third-order valence-corrected chi connectivity index (χ3v) is 3.51. The highest BCUT2D eigenvalue weighted by molar-refractivity contribution is 8.00.